The van der Waals surface area contributed by atoms with Gasteiger partial charge in [-0.2, -0.15) is 0 Å². The van der Waals surface area contributed by atoms with Crippen molar-refractivity contribution in [3.8, 4) is 0 Å². The highest BCUT2D eigenvalue weighted by atomic mass is 16.2. The van der Waals surface area contributed by atoms with E-state index in [9.17, 15) is 14.4 Å². The summed E-state index contributed by atoms with van der Waals surface area (Å²) in [4.78, 5) is 40.9. The van der Waals surface area contributed by atoms with Gasteiger partial charge in [0.2, 0.25) is 5.91 Å². The molecule has 3 rings (SSSR count). The molecule has 0 bridgehead atoms. The molecular formula is C24H30N4O3. The molecule has 1 aliphatic rings. The van der Waals surface area contributed by atoms with Crippen molar-refractivity contribution < 1.29 is 14.4 Å². The molecule has 0 radical (unpaired) electrons. The highest BCUT2D eigenvalue weighted by Crippen LogP contribution is 2.29. The van der Waals surface area contributed by atoms with Crippen molar-refractivity contribution in [2.75, 3.05) is 25.5 Å². The lowest BCUT2D eigenvalue weighted by Crippen LogP contribution is -2.43. The Morgan fingerprint density at radius 2 is 1.68 bits per heavy atom. The smallest absolute Gasteiger partial charge is 0.325 e. The minimum atomic E-state index is -1.19. The van der Waals surface area contributed by atoms with Crippen LogP contribution in [0.5, 0.6) is 0 Å². The number of hydrogen-bond acceptors (Lipinski definition) is 4. The van der Waals surface area contributed by atoms with E-state index < -0.39 is 17.5 Å². The molecule has 1 saturated heterocycles. The monoisotopic (exact) mass is 422 g/mol. The lowest BCUT2D eigenvalue weighted by molar-refractivity contribution is -0.134. The number of rotatable bonds is 7. The fourth-order valence-corrected chi connectivity index (χ4v) is 3.55. The summed E-state index contributed by atoms with van der Waals surface area (Å²) in [5.41, 5.74) is 2.66. The number of amides is 4. The van der Waals surface area contributed by atoms with Crippen LogP contribution in [0.3, 0.4) is 0 Å². The van der Waals surface area contributed by atoms with Crippen LogP contribution in [0.1, 0.15) is 43.4 Å². The Morgan fingerprint density at radius 3 is 2.23 bits per heavy atom. The van der Waals surface area contributed by atoms with Gasteiger partial charge in [-0.1, -0.05) is 50.2 Å². The number of carbonyl (C=O) groups is 3. The van der Waals surface area contributed by atoms with Crippen LogP contribution in [-0.2, 0) is 21.7 Å². The Bertz CT molecular complexity index is 967. The first-order valence-electron chi connectivity index (χ1n) is 10.4. The topological polar surface area (TPSA) is 81.8 Å². The lowest BCUT2D eigenvalue weighted by Gasteiger charge is -2.22. The van der Waals surface area contributed by atoms with Crippen LogP contribution in [0.25, 0.3) is 0 Å². The van der Waals surface area contributed by atoms with E-state index in [1.165, 1.54) is 0 Å². The molecule has 0 aliphatic carbocycles. The Hall–Kier alpha value is -3.35. The van der Waals surface area contributed by atoms with Gasteiger partial charge in [-0.15, -0.1) is 0 Å². The second-order valence-corrected chi connectivity index (χ2v) is 8.56. The summed E-state index contributed by atoms with van der Waals surface area (Å²) in [5, 5.41) is 5.52. The largest absolute Gasteiger partial charge is 0.378 e. The average molecular weight is 423 g/mol. The standard InChI is InChI=1S/C24H30N4O3/c1-16(2)18-8-10-19(11-9-18)24(3)22(30)28(23(31)26-24)15-21(29)25-14-17-6-12-20(13-7-17)27(4)5/h6-13,16H,14-15H2,1-5H3,(H,25,29)(H,26,31)/t24-/m1/s1. The average Bonchev–Trinajstić information content (AvgIpc) is 2.96. The first-order chi connectivity index (χ1) is 14.6. The molecule has 31 heavy (non-hydrogen) atoms. The Morgan fingerprint density at radius 1 is 1.06 bits per heavy atom. The van der Waals surface area contributed by atoms with Gasteiger partial charge in [0.05, 0.1) is 0 Å². The summed E-state index contributed by atoms with van der Waals surface area (Å²) in [5.74, 6) is -0.449. The van der Waals surface area contributed by atoms with Crippen molar-refractivity contribution in [3.63, 3.8) is 0 Å². The summed E-state index contributed by atoms with van der Waals surface area (Å²) in [7, 11) is 3.92. The van der Waals surface area contributed by atoms with Crippen LogP contribution in [-0.4, -0.2) is 43.4 Å². The molecule has 2 aromatic rings. The molecule has 1 atom stereocenters. The van der Waals surface area contributed by atoms with Gasteiger partial charge < -0.3 is 15.5 Å². The molecule has 4 amide bonds. The summed E-state index contributed by atoms with van der Waals surface area (Å²) in [6, 6.07) is 14.9. The molecule has 164 valence electrons. The van der Waals surface area contributed by atoms with Crippen molar-refractivity contribution in [2.45, 2.75) is 38.8 Å². The second-order valence-electron chi connectivity index (χ2n) is 8.56. The van der Waals surface area contributed by atoms with Crippen molar-refractivity contribution in [3.05, 3.63) is 65.2 Å². The van der Waals surface area contributed by atoms with Crippen molar-refractivity contribution in [2.24, 2.45) is 0 Å². The summed E-state index contributed by atoms with van der Waals surface area (Å²) >= 11 is 0. The Kier molecular flexibility index (Phi) is 6.34. The van der Waals surface area contributed by atoms with Gasteiger partial charge in [-0.25, -0.2) is 4.79 Å². The van der Waals surface area contributed by atoms with E-state index in [4.69, 9.17) is 0 Å². The zero-order chi connectivity index (χ0) is 22.8. The van der Waals surface area contributed by atoms with Gasteiger partial charge in [-0.3, -0.25) is 14.5 Å². The molecule has 2 N–H and O–H groups in total. The number of urea groups is 1. The van der Waals surface area contributed by atoms with Gasteiger partial charge in [0.25, 0.3) is 5.91 Å². The van der Waals surface area contributed by atoms with Crippen LogP contribution in [0, 0.1) is 0 Å². The highest BCUT2D eigenvalue weighted by Gasteiger charge is 2.49. The fraction of sp³-hybridized carbons (Fsp3) is 0.375. The van der Waals surface area contributed by atoms with E-state index in [1.54, 1.807) is 6.92 Å². The summed E-state index contributed by atoms with van der Waals surface area (Å²) < 4.78 is 0. The fourth-order valence-electron chi connectivity index (χ4n) is 3.55. The van der Waals surface area contributed by atoms with Gasteiger partial charge >= 0.3 is 6.03 Å². The third-order valence-electron chi connectivity index (χ3n) is 5.67. The number of nitrogens with one attached hydrogen (secondary N) is 2. The summed E-state index contributed by atoms with van der Waals surface area (Å²) in [6.45, 7) is 5.86. The quantitative estimate of drug-likeness (QED) is 0.672. The van der Waals surface area contributed by atoms with Gasteiger partial charge in [0, 0.05) is 26.3 Å². The normalized spacial score (nSPS) is 18.3. The van der Waals surface area contributed by atoms with E-state index in [0.29, 0.717) is 18.0 Å². The molecule has 7 heteroatoms. The maximum Gasteiger partial charge on any atom is 0.325 e. The third kappa shape index (κ3) is 4.71. The molecule has 0 unspecified atom stereocenters. The maximum absolute atomic E-state index is 13.0. The number of imide groups is 1. The van der Waals surface area contributed by atoms with E-state index in [1.807, 2.05) is 67.5 Å². The highest BCUT2D eigenvalue weighted by molar-refractivity contribution is 6.09. The number of carbonyl (C=O) groups excluding carboxylic acids is 3. The first-order valence-corrected chi connectivity index (χ1v) is 10.4. The molecule has 1 aliphatic heterocycles. The Labute approximate surface area is 183 Å². The predicted molar refractivity (Wildman–Crippen MR) is 121 cm³/mol. The van der Waals surface area contributed by atoms with Crippen LogP contribution in [0.15, 0.2) is 48.5 Å². The zero-order valence-electron chi connectivity index (χ0n) is 18.7. The molecular weight excluding hydrogens is 392 g/mol. The van der Waals surface area contributed by atoms with Crippen molar-refractivity contribution in [1.82, 2.24) is 15.5 Å². The lowest BCUT2D eigenvalue weighted by atomic mass is 9.90. The third-order valence-corrected chi connectivity index (χ3v) is 5.67. The molecule has 0 saturated carbocycles. The SMILES string of the molecule is CC(C)c1ccc([C@@]2(C)NC(=O)N(CC(=O)NCc3ccc(N(C)C)cc3)C2=O)cc1. The number of benzene rings is 2. The Balaban J connectivity index is 1.63. The second kappa shape index (κ2) is 8.79. The molecule has 0 spiro atoms. The molecule has 7 nitrogen and oxygen atoms in total. The van der Waals surface area contributed by atoms with Crippen molar-refractivity contribution >= 4 is 23.5 Å². The molecule has 2 aromatic carbocycles. The minimum absolute atomic E-state index is 0.319. The first kappa shape index (κ1) is 22.3. The molecule has 0 aromatic heterocycles. The van der Waals surface area contributed by atoms with Crippen LogP contribution in [0.2, 0.25) is 0 Å². The van der Waals surface area contributed by atoms with E-state index in [-0.39, 0.29) is 12.5 Å². The van der Waals surface area contributed by atoms with E-state index in [2.05, 4.69) is 24.5 Å². The van der Waals surface area contributed by atoms with E-state index >= 15 is 0 Å². The molecule has 1 heterocycles. The maximum atomic E-state index is 13.0. The van der Waals surface area contributed by atoms with Crippen LogP contribution in [0.4, 0.5) is 10.5 Å². The summed E-state index contributed by atoms with van der Waals surface area (Å²) in [6.07, 6.45) is 0. The van der Waals surface area contributed by atoms with Crippen LogP contribution >= 0.6 is 0 Å². The zero-order valence-corrected chi connectivity index (χ0v) is 18.7. The minimum Gasteiger partial charge on any atom is -0.378 e. The molecule has 1 fully saturated rings. The number of hydrogen-bond donors (Lipinski definition) is 2. The predicted octanol–water partition coefficient (Wildman–Crippen LogP) is 2.96. The van der Waals surface area contributed by atoms with Gasteiger partial charge in [0.1, 0.15) is 12.1 Å². The van der Waals surface area contributed by atoms with Gasteiger partial charge in [0.15, 0.2) is 0 Å². The number of nitrogens with zero attached hydrogens (tertiary/aromatic N) is 2. The van der Waals surface area contributed by atoms with Crippen LogP contribution < -0.4 is 15.5 Å². The van der Waals surface area contributed by atoms with E-state index in [0.717, 1.165) is 21.7 Å². The van der Waals surface area contributed by atoms with Crippen molar-refractivity contribution in [1.29, 1.82) is 0 Å². The van der Waals surface area contributed by atoms with Gasteiger partial charge in [-0.05, 0) is 41.7 Å². The number of anilines is 1.